The molecule has 0 radical (unpaired) electrons. The molecule has 1 aliphatic carbocycles. The fraction of sp³-hybridized carbons (Fsp3) is 0.588. The van der Waals surface area contributed by atoms with Crippen LogP contribution < -0.4 is 0 Å². The number of rotatable bonds is 3. The molecule has 3 heteroatoms. The van der Waals surface area contributed by atoms with Crippen molar-refractivity contribution in [3.05, 3.63) is 35.9 Å². The first-order valence-corrected chi connectivity index (χ1v) is 7.49. The van der Waals surface area contributed by atoms with Crippen molar-refractivity contribution in [1.29, 1.82) is 5.26 Å². The topological polar surface area (TPSA) is 42.2 Å². The third-order valence-electron chi connectivity index (χ3n) is 4.88. The smallest absolute Gasteiger partial charge is 0.168 e. The first-order valence-electron chi connectivity index (χ1n) is 7.49. The minimum Gasteiger partial charge on any atom is -0.348 e. The van der Waals surface area contributed by atoms with Crippen LogP contribution in [-0.2, 0) is 14.9 Å². The van der Waals surface area contributed by atoms with E-state index in [4.69, 9.17) is 14.7 Å². The van der Waals surface area contributed by atoms with Crippen LogP contribution in [0.2, 0.25) is 0 Å². The Labute approximate surface area is 120 Å². The quantitative estimate of drug-likeness (QED) is 0.844. The number of hydrogen-bond acceptors (Lipinski definition) is 3. The number of hydrogen-bond donors (Lipinski definition) is 0. The van der Waals surface area contributed by atoms with Gasteiger partial charge in [-0.3, -0.25) is 0 Å². The van der Waals surface area contributed by atoms with Crippen molar-refractivity contribution in [1.82, 2.24) is 0 Å². The van der Waals surface area contributed by atoms with Gasteiger partial charge in [0.2, 0.25) is 0 Å². The average Bonchev–Trinajstić information content (AvgIpc) is 2.97. The number of nitrogens with zero attached hydrogens (tertiary/aromatic N) is 1. The Morgan fingerprint density at radius 1 is 1.00 bits per heavy atom. The summed E-state index contributed by atoms with van der Waals surface area (Å²) in [4.78, 5) is 0. The maximum absolute atomic E-state index is 8.96. The zero-order chi connectivity index (χ0) is 13.9. The monoisotopic (exact) mass is 271 g/mol. The van der Waals surface area contributed by atoms with Crippen LogP contribution in [0.15, 0.2) is 30.3 Å². The first kappa shape index (κ1) is 13.6. The number of benzene rings is 1. The maximum atomic E-state index is 8.96. The summed E-state index contributed by atoms with van der Waals surface area (Å²) in [6, 6.07) is 12.9. The Bertz CT molecular complexity index is 475. The molecule has 3 nitrogen and oxygen atoms in total. The van der Waals surface area contributed by atoms with Crippen molar-refractivity contribution in [3.8, 4) is 6.07 Å². The van der Waals surface area contributed by atoms with E-state index in [1.165, 1.54) is 5.56 Å². The molecular weight excluding hydrogens is 250 g/mol. The van der Waals surface area contributed by atoms with E-state index in [2.05, 4.69) is 36.4 Å². The Balaban J connectivity index is 1.80. The zero-order valence-corrected chi connectivity index (χ0v) is 11.8. The molecule has 1 heterocycles. The molecule has 1 aromatic rings. The summed E-state index contributed by atoms with van der Waals surface area (Å²) >= 11 is 0. The number of nitriles is 1. The predicted molar refractivity (Wildman–Crippen MR) is 76.1 cm³/mol. The van der Waals surface area contributed by atoms with Gasteiger partial charge in [-0.15, -0.1) is 0 Å². The second kappa shape index (κ2) is 5.55. The summed E-state index contributed by atoms with van der Waals surface area (Å²) in [6.07, 6.45) is 5.51. The van der Waals surface area contributed by atoms with Gasteiger partial charge < -0.3 is 9.47 Å². The lowest BCUT2D eigenvalue weighted by Crippen LogP contribution is -2.42. The van der Waals surface area contributed by atoms with Crippen LogP contribution in [-0.4, -0.2) is 19.0 Å². The highest BCUT2D eigenvalue weighted by molar-refractivity contribution is 5.26. The van der Waals surface area contributed by atoms with Crippen LogP contribution in [0.3, 0.4) is 0 Å². The van der Waals surface area contributed by atoms with Crippen LogP contribution >= 0.6 is 0 Å². The molecule has 0 N–H and O–H groups in total. The molecule has 1 saturated carbocycles. The summed E-state index contributed by atoms with van der Waals surface area (Å²) in [5, 5.41) is 8.96. The molecule has 1 saturated heterocycles. The Morgan fingerprint density at radius 3 is 2.25 bits per heavy atom. The van der Waals surface area contributed by atoms with E-state index in [0.717, 1.165) is 45.3 Å². The molecular formula is C17H21NO2. The molecule has 3 rings (SSSR count). The molecule has 1 spiro atoms. The predicted octanol–water partition coefficient (Wildman–Crippen LogP) is 3.55. The van der Waals surface area contributed by atoms with E-state index >= 15 is 0 Å². The van der Waals surface area contributed by atoms with E-state index in [-0.39, 0.29) is 11.2 Å². The molecule has 0 amide bonds. The van der Waals surface area contributed by atoms with Gasteiger partial charge in [0.1, 0.15) is 0 Å². The van der Waals surface area contributed by atoms with Crippen molar-refractivity contribution >= 4 is 0 Å². The van der Waals surface area contributed by atoms with Gasteiger partial charge in [-0.25, -0.2) is 0 Å². The van der Waals surface area contributed by atoms with Crippen molar-refractivity contribution in [3.63, 3.8) is 0 Å². The molecule has 0 unspecified atom stereocenters. The molecule has 0 aromatic heterocycles. The summed E-state index contributed by atoms with van der Waals surface area (Å²) in [7, 11) is 0. The third kappa shape index (κ3) is 2.46. The molecule has 1 aromatic carbocycles. The van der Waals surface area contributed by atoms with Crippen LogP contribution in [0.25, 0.3) is 0 Å². The highest BCUT2D eigenvalue weighted by Crippen LogP contribution is 2.48. The van der Waals surface area contributed by atoms with Gasteiger partial charge >= 0.3 is 0 Å². The Morgan fingerprint density at radius 2 is 1.65 bits per heavy atom. The second-order valence-electron chi connectivity index (χ2n) is 5.91. The summed E-state index contributed by atoms with van der Waals surface area (Å²) in [5.41, 5.74) is 1.49. The number of ether oxygens (including phenoxy) is 2. The minimum atomic E-state index is -0.328. The summed E-state index contributed by atoms with van der Waals surface area (Å²) in [6.45, 7) is 1.44. The van der Waals surface area contributed by atoms with E-state index in [1.807, 2.05) is 0 Å². The highest BCUT2D eigenvalue weighted by atomic mass is 16.7. The van der Waals surface area contributed by atoms with Crippen LogP contribution in [0, 0.1) is 11.3 Å². The van der Waals surface area contributed by atoms with Gasteiger partial charge in [-0.2, -0.15) is 5.26 Å². The van der Waals surface area contributed by atoms with Crippen molar-refractivity contribution in [2.45, 2.75) is 49.7 Å². The lowest BCUT2D eigenvalue weighted by atomic mass is 9.65. The highest BCUT2D eigenvalue weighted by Gasteiger charge is 2.46. The zero-order valence-electron chi connectivity index (χ0n) is 11.8. The van der Waals surface area contributed by atoms with Crippen molar-refractivity contribution < 1.29 is 9.47 Å². The molecule has 2 fully saturated rings. The second-order valence-corrected chi connectivity index (χ2v) is 5.91. The summed E-state index contributed by atoms with van der Waals surface area (Å²) < 4.78 is 11.7. The van der Waals surface area contributed by atoms with Gasteiger partial charge in [-0.1, -0.05) is 30.3 Å². The van der Waals surface area contributed by atoms with Gasteiger partial charge in [0, 0.05) is 19.3 Å². The normalized spacial score (nSPS) is 23.6. The maximum Gasteiger partial charge on any atom is 0.168 e. The van der Waals surface area contributed by atoms with Crippen molar-refractivity contribution in [2.24, 2.45) is 0 Å². The van der Waals surface area contributed by atoms with Gasteiger partial charge in [-0.05, 0) is 30.2 Å². The minimum absolute atomic E-state index is 0.123. The average molecular weight is 271 g/mol. The largest absolute Gasteiger partial charge is 0.348 e. The van der Waals surface area contributed by atoms with Gasteiger partial charge in [0.15, 0.2) is 5.79 Å². The molecule has 0 atom stereocenters. The third-order valence-corrected chi connectivity index (χ3v) is 4.88. The van der Waals surface area contributed by atoms with E-state index in [9.17, 15) is 0 Å². The Hall–Kier alpha value is -1.37. The SMILES string of the molecule is N#CCCC1(c2ccccc2)CCC2(CC1)OCCO2. The van der Waals surface area contributed by atoms with Gasteiger partial charge in [0.25, 0.3) is 0 Å². The van der Waals surface area contributed by atoms with Crippen molar-refractivity contribution in [2.75, 3.05) is 13.2 Å². The lowest BCUT2D eigenvalue weighted by Gasteiger charge is -2.44. The van der Waals surface area contributed by atoms with E-state index < -0.39 is 0 Å². The van der Waals surface area contributed by atoms with Crippen LogP contribution in [0.1, 0.15) is 44.1 Å². The lowest BCUT2D eigenvalue weighted by molar-refractivity contribution is -0.185. The molecule has 2 aliphatic rings. The standard InChI is InChI=1S/C17H21NO2/c18-12-4-7-16(15-5-2-1-3-6-15)8-10-17(11-9-16)19-13-14-20-17/h1-3,5-6H,4,7-11,13-14H2. The fourth-order valence-electron chi connectivity index (χ4n) is 3.67. The molecule has 20 heavy (non-hydrogen) atoms. The summed E-state index contributed by atoms with van der Waals surface area (Å²) in [5.74, 6) is -0.328. The van der Waals surface area contributed by atoms with Crippen LogP contribution in [0.5, 0.6) is 0 Å². The molecule has 1 aliphatic heterocycles. The molecule has 0 bridgehead atoms. The van der Waals surface area contributed by atoms with Crippen LogP contribution in [0.4, 0.5) is 0 Å². The van der Waals surface area contributed by atoms with E-state index in [0.29, 0.717) is 6.42 Å². The first-order chi connectivity index (χ1) is 9.79. The fourth-order valence-corrected chi connectivity index (χ4v) is 3.67. The molecule has 106 valence electrons. The Kier molecular flexibility index (Phi) is 3.78. The van der Waals surface area contributed by atoms with E-state index in [1.54, 1.807) is 0 Å². The van der Waals surface area contributed by atoms with Gasteiger partial charge in [0.05, 0.1) is 19.3 Å².